The fourth-order valence-corrected chi connectivity index (χ4v) is 3.86. The first-order valence-corrected chi connectivity index (χ1v) is 10.7. The van der Waals surface area contributed by atoms with Gasteiger partial charge in [0, 0.05) is 19.3 Å². The number of hydrogen-bond acceptors (Lipinski definition) is 3. The van der Waals surface area contributed by atoms with Crippen molar-refractivity contribution in [2.24, 2.45) is 0 Å². The lowest BCUT2D eigenvalue weighted by Gasteiger charge is -2.23. The Hall–Kier alpha value is -2.92. The molecule has 2 aromatic carbocycles. The van der Waals surface area contributed by atoms with Crippen LogP contribution >= 0.6 is 11.3 Å². The third-order valence-corrected chi connectivity index (χ3v) is 5.58. The summed E-state index contributed by atoms with van der Waals surface area (Å²) in [6, 6.07) is 21.4. The second-order valence-corrected chi connectivity index (χ2v) is 7.96. The van der Waals surface area contributed by atoms with Gasteiger partial charge in [-0.05, 0) is 41.1 Å². The number of carbonyl (C=O) groups excluding carboxylic acids is 2. The maximum atomic E-state index is 13.2. The molecule has 3 aromatic rings. The molecule has 0 spiro atoms. The minimum atomic E-state index is -0.0320. The molecule has 0 atom stereocenters. The van der Waals surface area contributed by atoms with Gasteiger partial charge in [-0.1, -0.05) is 55.5 Å². The average molecular weight is 407 g/mol. The van der Waals surface area contributed by atoms with Gasteiger partial charge in [-0.2, -0.15) is 0 Å². The van der Waals surface area contributed by atoms with Crippen molar-refractivity contribution in [2.75, 3.05) is 18.5 Å². The number of amides is 2. The van der Waals surface area contributed by atoms with Crippen LogP contribution in [0.2, 0.25) is 0 Å². The van der Waals surface area contributed by atoms with Crippen LogP contribution in [0.1, 0.15) is 34.1 Å². The Morgan fingerprint density at radius 1 is 0.931 bits per heavy atom. The summed E-state index contributed by atoms with van der Waals surface area (Å²) < 4.78 is 0. The number of thiophene rings is 1. The second-order valence-electron chi connectivity index (χ2n) is 7.02. The minimum Gasteiger partial charge on any atom is -0.345 e. The molecule has 0 bridgehead atoms. The standard InChI is InChI=1S/C24H26N2O2S/c1-3-14-25(2)23(27)17-20-11-7-12-21(16-20)26(18-19-9-5-4-6-10-19)24(28)22-13-8-15-29-22/h4-13,15-16H,3,14,17-18H2,1-2H3. The van der Waals surface area contributed by atoms with Crippen LogP contribution in [0.3, 0.4) is 0 Å². The molecule has 0 aliphatic heterocycles. The molecule has 0 unspecified atom stereocenters. The Labute approximate surface area is 176 Å². The van der Waals surface area contributed by atoms with Crippen LogP contribution in [-0.4, -0.2) is 30.3 Å². The fraction of sp³-hybridized carbons (Fsp3) is 0.250. The maximum Gasteiger partial charge on any atom is 0.268 e. The zero-order chi connectivity index (χ0) is 20.6. The monoisotopic (exact) mass is 406 g/mol. The van der Waals surface area contributed by atoms with E-state index in [0.717, 1.165) is 29.8 Å². The van der Waals surface area contributed by atoms with E-state index in [1.54, 1.807) is 9.80 Å². The molecule has 5 heteroatoms. The van der Waals surface area contributed by atoms with Crippen molar-refractivity contribution in [3.63, 3.8) is 0 Å². The zero-order valence-electron chi connectivity index (χ0n) is 16.9. The van der Waals surface area contributed by atoms with Gasteiger partial charge in [0.05, 0.1) is 17.8 Å². The summed E-state index contributed by atoms with van der Waals surface area (Å²) in [4.78, 5) is 29.9. The molecule has 0 saturated carbocycles. The Morgan fingerprint density at radius 2 is 1.69 bits per heavy atom. The molecule has 3 rings (SSSR count). The molecular weight excluding hydrogens is 380 g/mol. The van der Waals surface area contributed by atoms with E-state index in [9.17, 15) is 9.59 Å². The molecule has 0 aliphatic rings. The number of anilines is 1. The van der Waals surface area contributed by atoms with E-state index in [0.29, 0.717) is 17.8 Å². The summed E-state index contributed by atoms with van der Waals surface area (Å²) in [6.07, 6.45) is 1.26. The third kappa shape index (κ3) is 5.55. The predicted molar refractivity (Wildman–Crippen MR) is 119 cm³/mol. The minimum absolute atomic E-state index is 0.0320. The highest BCUT2D eigenvalue weighted by Gasteiger charge is 2.20. The maximum absolute atomic E-state index is 13.2. The Morgan fingerprint density at radius 3 is 2.38 bits per heavy atom. The van der Waals surface area contributed by atoms with E-state index in [-0.39, 0.29) is 11.8 Å². The molecule has 29 heavy (non-hydrogen) atoms. The molecule has 2 amide bonds. The van der Waals surface area contributed by atoms with Crippen molar-refractivity contribution in [3.05, 3.63) is 88.1 Å². The fourth-order valence-electron chi connectivity index (χ4n) is 3.18. The van der Waals surface area contributed by atoms with E-state index < -0.39 is 0 Å². The number of nitrogens with zero attached hydrogens (tertiary/aromatic N) is 2. The summed E-state index contributed by atoms with van der Waals surface area (Å²) in [5.41, 5.74) is 2.77. The summed E-state index contributed by atoms with van der Waals surface area (Å²) in [6.45, 7) is 3.28. The first-order valence-electron chi connectivity index (χ1n) is 9.80. The van der Waals surface area contributed by atoms with Crippen LogP contribution < -0.4 is 4.90 Å². The summed E-state index contributed by atoms with van der Waals surface area (Å²) in [5.74, 6) is 0.0543. The van der Waals surface area contributed by atoms with Crippen molar-refractivity contribution in [3.8, 4) is 0 Å². The largest absolute Gasteiger partial charge is 0.345 e. The van der Waals surface area contributed by atoms with E-state index in [4.69, 9.17) is 0 Å². The van der Waals surface area contributed by atoms with Crippen LogP contribution in [0.4, 0.5) is 5.69 Å². The number of likely N-dealkylation sites (N-methyl/N-ethyl adjacent to an activating group) is 1. The number of benzene rings is 2. The van der Waals surface area contributed by atoms with Crippen LogP contribution in [0, 0.1) is 0 Å². The van der Waals surface area contributed by atoms with Crippen molar-refractivity contribution in [2.45, 2.75) is 26.3 Å². The van der Waals surface area contributed by atoms with Crippen LogP contribution in [-0.2, 0) is 17.8 Å². The van der Waals surface area contributed by atoms with Crippen LogP contribution in [0.5, 0.6) is 0 Å². The lowest BCUT2D eigenvalue weighted by Crippen LogP contribution is -2.30. The van der Waals surface area contributed by atoms with Crippen LogP contribution in [0.15, 0.2) is 72.1 Å². The van der Waals surface area contributed by atoms with Gasteiger partial charge in [0.1, 0.15) is 0 Å². The molecule has 0 N–H and O–H groups in total. The summed E-state index contributed by atoms with van der Waals surface area (Å²) >= 11 is 1.44. The van der Waals surface area contributed by atoms with E-state index >= 15 is 0 Å². The highest BCUT2D eigenvalue weighted by molar-refractivity contribution is 7.12. The molecule has 4 nitrogen and oxygen atoms in total. The van der Waals surface area contributed by atoms with Crippen molar-refractivity contribution in [1.29, 1.82) is 0 Å². The number of carbonyl (C=O) groups is 2. The number of hydrogen-bond donors (Lipinski definition) is 0. The smallest absolute Gasteiger partial charge is 0.268 e. The Kier molecular flexibility index (Phi) is 7.19. The Bertz CT molecular complexity index is 939. The second kappa shape index (κ2) is 10.0. The summed E-state index contributed by atoms with van der Waals surface area (Å²) in [5, 5.41) is 1.91. The highest BCUT2D eigenvalue weighted by Crippen LogP contribution is 2.24. The van der Waals surface area contributed by atoms with Gasteiger partial charge in [0.2, 0.25) is 5.91 Å². The summed E-state index contributed by atoms with van der Waals surface area (Å²) in [7, 11) is 1.83. The van der Waals surface area contributed by atoms with Crippen LogP contribution in [0.25, 0.3) is 0 Å². The first kappa shape index (κ1) is 20.8. The van der Waals surface area contributed by atoms with Gasteiger partial charge in [-0.3, -0.25) is 9.59 Å². The molecule has 0 aliphatic carbocycles. The van der Waals surface area contributed by atoms with E-state index in [2.05, 4.69) is 6.92 Å². The number of rotatable bonds is 8. The highest BCUT2D eigenvalue weighted by atomic mass is 32.1. The van der Waals surface area contributed by atoms with Gasteiger partial charge >= 0.3 is 0 Å². The van der Waals surface area contributed by atoms with Gasteiger partial charge in [0.15, 0.2) is 0 Å². The molecule has 0 radical (unpaired) electrons. The van der Waals surface area contributed by atoms with Crippen molar-refractivity contribution < 1.29 is 9.59 Å². The SMILES string of the molecule is CCCN(C)C(=O)Cc1cccc(N(Cc2ccccc2)C(=O)c2cccs2)c1. The molecular formula is C24H26N2O2S. The third-order valence-electron chi connectivity index (χ3n) is 4.72. The Balaban J connectivity index is 1.87. The van der Waals surface area contributed by atoms with E-state index in [1.165, 1.54) is 11.3 Å². The van der Waals surface area contributed by atoms with Gasteiger partial charge in [-0.15, -0.1) is 11.3 Å². The predicted octanol–water partition coefficient (Wildman–Crippen LogP) is 5.01. The lowest BCUT2D eigenvalue weighted by atomic mass is 10.1. The van der Waals surface area contributed by atoms with E-state index in [1.807, 2.05) is 79.2 Å². The van der Waals surface area contributed by atoms with Gasteiger partial charge in [0.25, 0.3) is 5.91 Å². The molecule has 150 valence electrons. The van der Waals surface area contributed by atoms with Crippen molar-refractivity contribution in [1.82, 2.24) is 4.90 Å². The molecule has 1 heterocycles. The average Bonchev–Trinajstić information content (AvgIpc) is 3.27. The first-order chi connectivity index (χ1) is 14.1. The topological polar surface area (TPSA) is 40.6 Å². The van der Waals surface area contributed by atoms with Crippen molar-refractivity contribution >= 4 is 28.8 Å². The van der Waals surface area contributed by atoms with Gasteiger partial charge in [-0.25, -0.2) is 0 Å². The molecule has 0 saturated heterocycles. The normalized spacial score (nSPS) is 10.6. The molecule has 1 aromatic heterocycles. The van der Waals surface area contributed by atoms with Gasteiger partial charge < -0.3 is 9.80 Å². The zero-order valence-corrected chi connectivity index (χ0v) is 17.7. The molecule has 0 fully saturated rings. The quantitative estimate of drug-likeness (QED) is 0.528. The lowest BCUT2D eigenvalue weighted by molar-refractivity contribution is -0.129.